The fourth-order valence-electron chi connectivity index (χ4n) is 3.21. The van der Waals surface area contributed by atoms with Crippen molar-refractivity contribution < 1.29 is 9.21 Å². The highest BCUT2D eigenvalue weighted by molar-refractivity contribution is 7.13. The minimum atomic E-state index is -0.0644. The second-order valence-electron chi connectivity index (χ2n) is 6.01. The van der Waals surface area contributed by atoms with E-state index < -0.39 is 0 Å². The molecule has 0 N–H and O–H groups in total. The van der Waals surface area contributed by atoms with Crippen LogP contribution in [-0.2, 0) is 7.05 Å². The van der Waals surface area contributed by atoms with Crippen molar-refractivity contribution in [2.75, 3.05) is 6.54 Å². The van der Waals surface area contributed by atoms with Gasteiger partial charge in [-0.15, -0.1) is 11.3 Å². The molecule has 1 unspecified atom stereocenters. The number of aromatic nitrogens is 3. The first-order valence-electron chi connectivity index (χ1n) is 7.94. The van der Waals surface area contributed by atoms with Crippen LogP contribution >= 0.6 is 11.3 Å². The summed E-state index contributed by atoms with van der Waals surface area (Å²) in [6.45, 7) is 2.53. The molecule has 1 aliphatic rings. The number of hydrogen-bond acceptors (Lipinski definition) is 5. The number of thiophene rings is 1. The highest BCUT2D eigenvalue weighted by atomic mass is 32.1. The lowest BCUT2D eigenvalue weighted by Gasteiger charge is -2.23. The molecule has 0 aromatic carbocycles. The Hall–Kier alpha value is -2.41. The molecule has 1 saturated heterocycles. The molecule has 1 fully saturated rings. The Morgan fingerprint density at radius 3 is 3.04 bits per heavy atom. The quantitative estimate of drug-likeness (QED) is 0.731. The van der Waals surface area contributed by atoms with Gasteiger partial charge in [0.05, 0.1) is 17.1 Å². The number of nitrogens with zero attached hydrogens (tertiary/aromatic N) is 4. The molecule has 24 heavy (non-hydrogen) atoms. The van der Waals surface area contributed by atoms with Gasteiger partial charge in [-0.05, 0) is 31.2 Å². The monoisotopic (exact) mass is 342 g/mol. The van der Waals surface area contributed by atoms with Gasteiger partial charge < -0.3 is 9.32 Å². The van der Waals surface area contributed by atoms with Crippen LogP contribution in [-0.4, -0.2) is 32.1 Å². The lowest BCUT2D eigenvalue weighted by molar-refractivity contribution is 0.0728. The fraction of sp³-hybridized carbons (Fsp3) is 0.353. The van der Waals surface area contributed by atoms with Crippen molar-refractivity contribution in [1.82, 2.24) is 19.7 Å². The molecule has 3 aromatic rings. The van der Waals surface area contributed by atoms with Crippen LogP contribution < -0.4 is 0 Å². The molecular formula is C17H18N4O2S. The SMILES string of the molecule is Cc1oc(-c2cccs2)nc1C(=O)N1CCCC1c1cnn(C)c1. The lowest BCUT2D eigenvalue weighted by atomic mass is 10.1. The normalized spacial score (nSPS) is 17.6. The van der Waals surface area contributed by atoms with Gasteiger partial charge in [0.1, 0.15) is 5.76 Å². The van der Waals surface area contributed by atoms with E-state index in [4.69, 9.17) is 4.42 Å². The number of aryl methyl sites for hydroxylation is 2. The Bertz CT molecular complexity index is 865. The Kier molecular flexibility index (Phi) is 3.72. The number of carbonyl (C=O) groups is 1. The van der Waals surface area contributed by atoms with Crippen molar-refractivity contribution in [1.29, 1.82) is 0 Å². The van der Waals surface area contributed by atoms with Crippen LogP contribution in [0.3, 0.4) is 0 Å². The summed E-state index contributed by atoms with van der Waals surface area (Å²) in [5.41, 5.74) is 1.48. The van der Waals surface area contributed by atoms with E-state index in [1.807, 2.05) is 41.9 Å². The molecule has 0 aliphatic carbocycles. The van der Waals surface area contributed by atoms with Crippen LogP contribution in [0.25, 0.3) is 10.8 Å². The van der Waals surface area contributed by atoms with Crippen molar-refractivity contribution in [3.05, 3.63) is 46.9 Å². The minimum absolute atomic E-state index is 0.0625. The third-order valence-electron chi connectivity index (χ3n) is 4.35. The maximum absolute atomic E-state index is 13.0. The van der Waals surface area contributed by atoms with Crippen LogP contribution in [0, 0.1) is 6.92 Å². The number of hydrogen-bond donors (Lipinski definition) is 0. The molecule has 1 amide bonds. The highest BCUT2D eigenvalue weighted by Crippen LogP contribution is 2.34. The molecule has 1 atom stereocenters. The van der Waals surface area contributed by atoms with Gasteiger partial charge in [0, 0.05) is 25.4 Å². The Labute approximate surface area is 143 Å². The van der Waals surface area contributed by atoms with Gasteiger partial charge in [-0.1, -0.05) is 6.07 Å². The van der Waals surface area contributed by atoms with E-state index in [1.165, 1.54) is 0 Å². The molecule has 4 rings (SSSR count). The van der Waals surface area contributed by atoms with Crippen molar-refractivity contribution in [2.24, 2.45) is 7.05 Å². The average Bonchev–Trinajstić information content (AvgIpc) is 3.33. The van der Waals surface area contributed by atoms with E-state index in [2.05, 4.69) is 10.1 Å². The Morgan fingerprint density at radius 1 is 1.46 bits per heavy atom. The van der Waals surface area contributed by atoms with Crippen LogP contribution in [0.5, 0.6) is 0 Å². The Balaban J connectivity index is 1.63. The first-order valence-corrected chi connectivity index (χ1v) is 8.82. The number of amides is 1. The van der Waals surface area contributed by atoms with Crippen LogP contribution in [0.4, 0.5) is 0 Å². The molecule has 1 aliphatic heterocycles. The lowest BCUT2D eigenvalue weighted by Crippen LogP contribution is -2.31. The molecule has 6 nitrogen and oxygen atoms in total. The van der Waals surface area contributed by atoms with Gasteiger partial charge in [0.2, 0.25) is 5.89 Å². The van der Waals surface area contributed by atoms with Gasteiger partial charge >= 0.3 is 0 Å². The number of oxazole rings is 1. The fourth-order valence-corrected chi connectivity index (χ4v) is 3.85. The molecule has 0 spiro atoms. The van der Waals surface area contributed by atoms with Gasteiger partial charge in [-0.25, -0.2) is 4.98 Å². The second kappa shape index (κ2) is 5.90. The van der Waals surface area contributed by atoms with E-state index in [9.17, 15) is 4.79 Å². The topological polar surface area (TPSA) is 64.2 Å². The summed E-state index contributed by atoms with van der Waals surface area (Å²) >= 11 is 1.55. The molecular weight excluding hydrogens is 324 g/mol. The maximum atomic E-state index is 13.0. The maximum Gasteiger partial charge on any atom is 0.276 e. The summed E-state index contributed by atoms with van der Waals surface area (Å²) < 4.78 is 7.49. The van der Waals surface area contributed by atoms with Crippen LogP contribution in [0.2, 0.25) is 0 Å². The summed E-state index contributed by atoms with van der Waals surface area (Å²) in [6.07, 6.45) is 5.75. The van der Waals surface area contributed by atoms with Crippen LogP contribution in [0.15, 0.2) is 34.3 Å². The van der Waals surface area contributed by atoms with Crippen molar-refractivity contribution in [3.63, 3.8) is 0 Å². The van der Waals surface area contributed by atoms with Gasteiger partial charge in [-0.3, -0.25) is 9.48 Å². The second-order valence-corrected chi connectivity index (χ2v) is 6.95. The zero-order valence-corrected chi connectivity index (χ0v) is 14.4. The molecule has 0 saturated carbocycles. The molecule has 3 aromatic heterocycles. The van der Waals surface area contributed by atoms with Gasteiger partial charge in [-0.2, -0.15) is 5.10 Å². The summed E-state index contributed by atoms with van der Waals surface area (Å²) in [4.78, 5) is 20.3. The predicted octanol–water partition coefficient (Wildman–Crippen LogP) is 3.42. The van der Waals surface area contributed by atoms with Crippen molar-refractivity contribution >= 4 is 17.2 Å². The summed E-state index contributed by atoms with van der Waals surface area (Å²) in [5.74, 6) is 1.02. The standard InChI is InChI=1S/C17H18N4O2S/c1-11-15(19-16(23-11)14-6-4-8-24-14)17(22)21-7-3-5-13(21)12-9-18-20(2)10-12/h4,6,8-10,13H,3,5,7H2,1-2H3. The number of carbonyl (C=O) groups excluding carboxylic acids is 1. The molecule has 7 heteroatoms. The first-order chi connectivity index (χ1) is 11.6. The van der Waals surface area contributed by atoms with E-state index >= 15 is 0 Å². The summed E-state index contributed by atoms with van der Waals surface area (Å²) in [6, 6.07) is 3.95. The third kappa shape index (κ3) is 2.54. The van der Waals surface area contributed by atoms with E-state index in [1.54, 1.807) is 22.9 Å². The predicted molar refractivity (Wildman–Crippen MR) is 90.8 cm³/mol. The van der Waals surface area contributed by atoms with Crippen LogP contribution in [0.1, 0.15) is 40.7 Å². The molecule has 124 valence electrons. The Morgan fingerprint density at radius 2 is 2.33 bits per heavy atom. The summed E-state index contributed by atoms with van der Waals surface area (Å²) in [7, 11) is 1.89. The number of rotatable bonds is 3. The smallest absolute Gasteiger partial charge is 0.276 e. The zero-order valence-electron chi connectivity index (χ0n) is 13.6. The highest BCUT2D eigenvalue weighted by Gasteiger charge is 2.34. The van der Waals surface area contributed by atoms with Crippen molar-refractivity contribution in [3.8, 4) is 10.8 Å². The summed E-state index contributed by atoms with van der Waals surface area (Å²) in [5, 5.41) is 6.20. The third-order valence-corrected chi connectivity index (χ3v) is 5.21. The van der Waals surface area contributed by atoms with E-state index in [0.717, 1.165) is 29.8 Å². The molecule has 0 radical (unpaired) electrons. The van der Waals surface area contributed by atoms with Gasteiger partial charge in [0.15, 0.2) is 5.69 Å². The zero-order chi connectivity index (χ0) is 16.7. The van der Waals surface area contributed by atoms with Gasteiger partial charge in [0.25, 0.3) is 5.91 Å². The first kappa shape index (κ1) is 15.1. The average molecular weight is 342 g/mol. The largest absolute Gasteiger partial charge is 0.440 e. The number of likely N-dealkylation sites (tertiary alicyclic amines) is 1. The van der Waals surface area contributed by atoms with Crippen molar-refractivity contribution in [2.45, 2.75) is 25.8 Å². The molecule has 4 heterocycles. The minimum Gasteiger partial charge on any atom is -0.440 e. The molecule has 0 bridgehead atoms. The van der Waals surface area contributed by atoms with E-state index in [-0.39, 0.29) is 11.9 Å². The van der Waals surface area contributed by atoms with E-state index in [0.29, 0.717) is 17.3 Å².